The summed E-state index contributed by atoms with van der Waals surface area (Å²) in [5.74, 6) is -0.982. The second-order valence-corrected chi connectivity index (χ2v) is 8.78. The quantitative estimate of drug-likeness (QED) is 0.581. The summed E-state index contributed by atoms with van der Waals surface area (Å²) in [4.78, 5) is 29.7. The normalized spacial score (nSPS) is 19.2. The third-order valence-electron chi connectivity index (χ3n) is 6.75. The molecule has 2 N–H and O–H groups in total. The maximum Gasteiger partial charge on any atom is 0.275 e. The number of nitrogens with zero attached hydrogens (tertiary/aromatic N) is 4. The lowest BCUT2D eigenvalue weighted by Gasteiger charge is -2.32. The van der Waals surface area contributed by atoms with Crippen LogP contribution in [0, 0.1) is 0 Å². The molecule has 4 heterocycles. The van der Waals surface area contributed by atoms with Crippen molar-refractivity contribution in [2.75, 3.05) is 6.54 Å². The summed E-state index contributed by atoms with van der Waals surface area (Å²) in [6.45, 7) is 0.929. The van der Waals surface area contributed by atoms with Gasteiger partial charge in [-0.1, -0.05) is 19.3 Å². The molecule has 1 aliphatic heterocycles. The molecule has 1 aliphatic carbocycles. The van der Waals surface area contributed by atoms with Crippen LogP contribution in [0.5, 0.6) is 5.75 Å². The first-order valence-electron chi connectivity index (χ1n) is 11.1. The first-order valence-corrected chi connectivity index (χ1v) is 11.1. The minimum Gasteiger partial charge on any atom is -0.503 e. The van der Waals surface area contributed by atoms with Gasteiger partial charge in [-0.15, -0.1) is 0 Å². The van der Waals surface area contributed by atoms with Gasteiger partial charge in [0.05, 0.1) is 18.3 Å². The molecule has 1 amide bonds. The molecule has 2 aliphatic rings. The van der Waals surface area contributed by atoms with Crippen molar-refractivity contribution in [2.24, 2.45) is 0 Å². The number of hydrogen-bond donors (Lipinski definition) is 2. The Bertz CT molecular complexity index is 1190. The zero-order valence-corrected chi connectivity index (χ0v) is 17.5. The minimum atomic E-state index is -0.729. The van der Waals surface area contributed by atoms with Crippen molar-refractivity contribution in [1.29, 1.82) is 0 Å². The van der Waals surface area contributed by atoms with Crippen molar-refractivity contribution in [3.05, 3.63) is 52.2 Å². The Kier molecular flexibility index (Phi) is 5.00. The molecule has 1 saturated carbocycles. The van der Waals surface area contributed by atoms with Gasteiger partial charge < -0.3 is 15.0 Å². The van der Waals surface area contributed by atoms with Crippen molar-refractivity contribution >= 4 is 16.9 Å². The summed E-state index contributed by atoms with van der Waals surface area (Å²) < 4.78 is 3.81. The van der Waals surface area contributed by atoms with E-state index in [2.05, 4.69) is 33.3 Å². The van der Waals surface area contributed by atoms with Crippen molar-refractivity contribution < 1.29 is 9.90 Å². The van der Waals surface area contributed by atoms with Crippen LogP contribution in [0.3, 0.4) is 0 Å². The molecule has 3 aromatic heterocycles. The van der Waals surface area contributed by atoms with Gasteiger partial charge in [0.2, 0.25) is 0 Å². The number of nitrogens with one attached hydrogen (secondary N) is 1. The van der Waals surface area contributed by atoms with Crippen LogP contribution in [-0.2, 0) is 18.5 Å². The molecule has 1 fully saturated rings. The molecule has 0 radical (unpaired) electrons. The largest absolute Gasteiger partial charge is 0.503 e. The van der Waals surface area contributed by atoms with E-state index in [1.807, 2.05) is 6.20 Å². The second kappa shape index (κ2) is 7.83. The predicted molar refractivity (Wildman–Crippen MR) is 116 cm³/mol. The molecular formula is C23H27N5O3. The number of amides is 1. The van der Waals surface area contributed by atoms with Crippen LogP contribution in [0.25, 0.3) is 11.0 Å². The number of aromatic nitrogens is 4. The van der Waals surface area contributed by atoms with Crippen LogP contribution in [0.15, 0.2) is 35.5 Å². The Labute approximate surface area is 179 Å². The van der Waals surface area contributed by atoms with Gasteiger partial charge in [-0.3, -0.25) is 14.3 Å². The van der Waals surface area contributed by atoms with E-state index in [1.165, 1.54) is 17.1 Å². The molecule has 3 aromatic rings. The van der Waals surface area contributed by atoms with E-state index in [9.17, 15) is 14.7 Å². The van der Waals surface area contributed by atoms with Gasteiger partial charge in [0.25, 0.3) is 11.3 Å². The Balaban J connectivity index is 1.66. The minimum absolute atomic E-state index is 0.252. The molecule has 0 saturated heterocycles. The summed E-state index contributed by atoms with van der Waals surface area (Å²) in [5.41, 5.74) is 1.02. The van der Waals surface area contributed by atoms with Crippen LogP contribution < -0.4 is 10.7 Å². The fourth-order valence-electron chi connectivity index (χ4n) is 5.16. The van der Waals surface area contributed by atoms with Crippen molar-refractivity contribution in [2.45, 2.75) is 63.5 Å². The molecule has 8 heteroatoms. The van der Waals surface area contributed by atoms with Gasteiger partial charge in [-0.2, -0.15) is 5.10 Å². The molecular weight excluding hydrogens is 394 g/mol. The maximum absolute atomic E-state index is 12.6. The summed E-state index contributed by atoms with van der Waals surface area (Å²) in [6.07, 6.45) is 13.2. The Morgan fingerprint density at radius 3 is 2.74 bits per heavy atom. The van der Waals surface area contributed by atoms with E-state index in [1.54, 1.807) is 4.68 Å². The number of pyridine rings is 1. The fourth-order valence-corrected chi connectivity index (χ4v) is 5.16. The lowest BCUT2D eigenvalue weighted by atomic mass is 9.97. The SMILES string of the molecule is O=C1NCCCCCc2ccnc3c2ccn3C2(CCCC2)Cn2cc(O)c(=O)c1n2. The highest BCUT2D eigenvalue weighted by atomic mass is 16.3. The zero-order valence-electron chi connectivity index (χ0n) is 17.5. The van der Waals surface area contributed by atoms with E-state index in [0.29, 0.717) is 13.1 Å². The summed E-state index contributed by atoms with van der Waals surface area (Å²) in [6, 6.07) is 4.26. The second-order valence-electron chi connectivity index (χ2n) is 8.78. The first kappa shape index (κ1) is 19.8. The molecule has 162 valence electrons. The average Bonchev–Trinajstić information content (AvgIpc) is 3.40. The fraction of sp³-hybridized carbons (Fsp3) is 0.478. The lowest BCUT2D eigenvalue weighted by molar-refractivity contribution is 0.0942. The summed E-state index contributed by atoms with van der Waals surface area (Å²) in [7, 11) is 0. The molecule has 6 bridgehead atoms. The lowest BCUT2D eigenvalue weighted by Crippen LogP contribution is -2.38. The van der Waals surface area contributed by atoms with Crippen LogP contribution in [0.4, 0.5) is 0 Å². The van der Waals surface area contributed by atoms with E-state index >= 15 is 0 Å². The topological polar surface area (TPSA) is 102 Å². The Morgan fingerprint density at radius 1 is 1.06 bits per heavy atom. The Morgan fingerprint density at radius 2 is 1.90 bits per heavy atom. The third kappa shape index (κ3) is 3.49. The van der Waals surface area contributed by atoms with E-state index in [0.717, 1.165) is 57.0 Å². The van der Waals surface area contributed by atoms with E-state index in [-0.39, 0.29) is 11.2 Å². The third-order valence-corrected chi connectivity index (χ3v) is 6.75. The highest BCUT2D eigenvalue weighted by molar-refractivity contribution is 5.92. The van der Waals surface area contributed by atoms with Crippen LogP contribution >= 0.6 is 0 Å². The van der Waals surface area contributed by atoms with E-state index < -0.39 is 17.1 Å². The van der Waals surface area contributed by atoms with Gasteiger partial charge >= 0.3 is 0 Å². The molecule has 0 unspecified atom stereocenters. The first-order chi connectivity index (χ1) is 15.1. The highest BCUT2D eigenvalue weighted by Gasteiger charge is 2.38. The molecule has 5 rings (SSSR count). The number of carbonyl (C=O) groups is 1. The van der Waals surface area contributed by atoms with Gasteiger partial charge in [-0.25, -0.2) is 4.98 Å². The number of aryl methyl sites for hydroxylation is 1. The van der Waals surface area contributed by atoms with E-state index in [4.69, 9.17) is 4.98 Å². The maximum atomic E-state index is 12.6. The van der Waals surface area contributed by atoms with Gasteiger partial charge in [-0.05, 0) is 49.8 Å². The zero-order chi connectivity index (χ0) is 21.4. The molecule has 8 nitrogen and oxygen atoms in total. The average molecular weight is 422 g/mol. The highest BCUT2D eigenvalue weighted by Crippen LogP contribution is 2.40. The number of fused-ring (bicyclic) bond motifs is 3. The number of aromatic hydroxyl groups is 1. The Hall–Kier alpha value is -3.16. The smallest absolute Gasteiger partial charge is 0.275 e. The van der Waals surface area contributed by atoms with Crippen molar-refractivity contribution in [1.82, 2.24) is 24.6 Å². The van der Waals surface area contributed by atoms with Crippen LogP contribution in [0.1, 0.15) is 61.0 Å². The molecule has 31 heavy (non-hydrogen) atoms. The standard InChI is InChI=1S/C23H27N5O3/c29-18-14-27-15-23(9-3-4-10-23)28-13-8-17-16(7-12-24-21(17)28)6-2-1-5-11-25-22(31)19(26-27)20(18)30/h7-8,12-14,29H,1-6,9-11,15H2,(H,25,31). The van der Waals surface area contributed by atoms with Crippen molar-refractivity contribution in [3.63, 3.8) is 0 Å². The van der Waals surface area contributed by atoms with Crippen molar-refractivity contribution in [3.8, 4) is 5.75 Å². The van der Waals surface area contributed by atoms with Crippen LogP contribution in [-0.4, -0.2) is 36.9 Å². The molecule has 1 spiro atoms. The number of carbonyl (C=O) groups excluding carboxylic acids is 1. The van der Waals surface area contributed by atoms with Gasteiger partial charge in [0.1, 0.15) is 5.65 Å². The number of rotatable bonds is 0. The molecule has 0 aromatic carbocycles. The summed E-state index contributed by atoms with van der Waals surface area (Å²) >= 11 is 0. The van der Waals surface area contributed by atoms with Crippen LogP contribution in [0.2, 0.25) is 0 Å². The molecule has 0 atom stereocenters. The monoisotopic (exact) mass is 421 g/mol. The number of hydrogen-bond acceptors (Lipinski definition) is 5. The van der Waals surface area contributed by atoms with Gasteiger partial charge in [0, 0.05) is 24.3 Å². The summed E-state index contributed by atoms with van der Waals surface area (Å²) in [5, 5.41) is 18.5. The van der Waals surface area contributed by atoms with Gasteiger partial charge in [0.15, 0.2) is 11.4 Å². The predicted octanol–water partition coefficient (Wildman–Crippen LogP) is 2.72.